The number of hydrogen-bond acceptors (Lipinski definition) is 6. The minimum Gasteiger partial charge on any atom is -0.507 e. The Morgan fingerprint density at radius 3 is 2.48 bits per heavy atom. The molecule has 0 saturated heterocycles. The molecule has 0 spiro atoms. The summed E-state index contributed by atoms with van der Waals surface area (Å²) in [6, 6.07) is 3.01. The average Bonchev–Trinajstić information content (AvgIpc) is 2.37. The Bertz CT molecular complexity index is 535. The number of aromatic hydroxyl groups is 1. The predicted molar refractivity (Wildman–Crippen MR) is 78.2 cm³/mol. The minimum atomic E-state index is -0.689. The zero-order chi connectivity index (χ0) is 16.0. The number of ether oxygens (including phenoxy) is 3. The lowest BCUT2D eigenvalue weighted by Gasteiger charge is -2.18. The molecule has 0 atom stereocenters. The number of hydrogen-bond donors (Lipinski definition) is 2. The van der Waals surface area contributed by atoms with Crippen LogP contribution in [0.25, 0.3) is 0 Å². The van der Waals surface area contributed by atoms with Crippen molar-refractivity contribution in [1.29, 1.82) is 0 Å². The van der Waals surface area contributed by atoms with Crippen molar-refractivity contribution >= 4 is 12.3 Å². The number of nitrogens with one attached hydrogen (secondary N) is 1. The third-order valence-corrected chi connectivity index (χ3v) is 2.30. The van der Waals surface area contributed by atoms with Crippen molar-refractivity contribution in [1.82, 2.24) is 5.43 Å². The SMILES string of the molecule is COc1cc(O)c(/C=N/NC(=O)OC(C)(C)C)c(OC)c1. The predicted octanol–water partition coefficient (Wildman–Crippen LogP) is 2.27. The van der Waals surface area contributed by atoms with Gasteiger partial charge in [-0.25, -0.2) is 10.2 Å². The van der Waals surface area contributed by atoms with E-state index in [1.54, 1.807) is 26.8 Å². The van der Waals surface area contributed by atoms with Crippen LogP contribution in [0.1, 0.15) is 26.3 Å². The van der Waals surface area contributed by atoms with E-state index in [4.69, 9.17) is 14.2 Å². The number of carbonyl (C=O) groups is 1. The van der Waals surface area contributed by atoms with Crippen LogP contribution < -0.4 is 14.9 Å². The van der Waals surface area contributed by atoms with Crippen LogP contribution in [-0.2, 0) is 4.74 Å². The first-order chi connectivity index (χ1) is 9.76. The molecule has 7 nitrogen and oxygen atoms in total. The zero-order valence-corrected chi connectivity index (χ0v) is 12.8. The number of nitrogens with zero attached hydrogens (tertiary/aromatic N) is 1. The summed E-state index contributed by atoms with van der Waals surface area (Å²) in [5.74, 6) is 0.726. The summed E-state index contributed by atoms with van der Waals surface area (Å²) in [6.45, 7) is 5.23. The number of amides is 1. The molecule has 0 heterocycles. The van der Waals surface area contributed by atoms with Crippen LogP contribution in [-0.4, -0.2) is 37.2 Å². The normalized spacial score (nSPS) is 11.3. The van der Waals surface area contributed by atoms with E-state index in [9.17, 15) is 9.90 Å². The topological polar surface area (TPSA) is 89.4 Å². The van der Waals surface area contributed by atoms with Gasteiger partial charge in [-0.05, 0) is 20.8 Å². The van der Waals surface area contributed by atoms with Crippen LogP contribution >= 0.6 is 0 Å². The van der Waals surface area contributed by atoms with Gasteiger partial charge in [0.25, 0.3) is 0 Å². The van der Waals surface area contributed by atoms with Gasteiger partial charge in [0.05, 0.1) is 26.0 Å². The Morgan fingerprint density at radius 2 is 1.95 bits per heavy atom. The number of hydrazone groups is 1. The highest BCUT2D eigenvalue weighted by Crippen LogP contribution is 2.31. The van der Waals surface area contributed by atoms with E-state index in [0.717, 1.165) is 0 Å². The summed E-state index contributed by atoms with van der Waals surface area (Å²) < 4.78 is 15.2. The Labute approximate surface area is 123 Å². The van der Waals surface area contributed by atoms with E-state index in [1.165, 1.54) is 26.5 Å². The van der Waals surface area contributed by atoms with E-state index in [0.29, 0.717) is 17.1 Å². The second kappa shape index (κ2) is 6.83. The van der Waals surface area contributed by atoms with Crippen molar-refractivity contribution in [3.63, 3.8) is 0 Å². The van der Waals surface area contributed by atoms with Crippen LogP contribution in [0, 0.1) is 0 Å². The molecule has 2 N–H and O–H groups in total. The maximum atomic E-state index is 11.4. The maximum absolute atomic E-state index is 11.4. The quantitative estimate of drug-likeness (QED) is 0.657. The van der Waals surface area contributed by atoms with Crippen LogP contribution in [0.5, 0.6) is 17.2 Å². The van der Waals surface area contributed by atoms with Gasteiger partial charge in [0.15, 0.2) is 0 Å². The van der Waals surface area contributed by atoms with Gasteiger partial charge >= 0.3 is 6.09 Å². The van der Waals surface area contributed by atoms with E-state index in [2.05, 4.69) is 10.5 Å². The molecule has 0 aliphatic rings. The Hall–Kier alpha value is -2.44. The zero-order valence-electron chi connectivity index (χ0n) is 12.8. The van der Waals surface area contributed by atoms with Crippen molar-refractivity contribution < 1.29 is 24.1 Å². The van der Waals surface area contributed by atoms with Crippen LogP contribution in [0.2, 0.25) is 0 Å². The van der Waals surface area contributed by atoms with Gasteiger partial charge in [-0.15, -0.1) is 0 Å². The van der Waals surface area contributed by atoms with E-state index < -0.39 is 11.7 Å². The number of phenolic OH excluding ortho intramolecular Hbond substituents is 1. The molecule has 0 radical (unpaired) electrons. The molecular weight excluding hydrogens is 276 g/mol. The Balaban J connectivity index is 2.83. The molecule has 0 aromatic heterocycles. The maximum Gasteiger partial charge on any atom is 0.428 e. The van der Waals surface area contributed by atoms with Gasteiger partial charge in [0.2, 0.25) is 0 Å². The van der Waals surface area contributed by atoms with Crippen molar-refractivity contribution in [2.24, 2.45) is 5.10 Å². The molecule has 116 valence electrons. The number of carbonyl (C=O) groups excluding carboxylic acids is 1. The van der Waals surface area contributed by atoms with Gasteiger partial charge in [-0.2, -0.15) is 5.10 Å². The molecule has 0 aliphatic carbocycles. The molecule has 0 aliphatic heterocycles. The molecule has 7 heteroatoms. The lowest BCUT2D eigenvalue weighted by molar-refractivity contribution is 0.0529. The Morgan fingerprint density at radius 1 is 1.29 bits per heavy atom. The fraction of sp³-hybridized carbons (Fsp3) is 0.429. The number of phenols is 1. The monoisotopic (exact) mass is 296 g/mol. The fourth-order valence-electron chi connectivity index (χ4n) is 1.45. The molecule has 0 unspecified atom stereocenters. The third-order valence-electron chi connectivity index (χ3n) is 2.30. The molecule has 1 aromatic rings. The van der Waals surface area contributed by atoms with Gasteiger partial charge in [0.1, 0.15) is 22.8 Å². The van der Waals surface area contributed by atoms with Gasteiger partial charge in [-0.1, -0.05) is 0 Å². The molecule has 21 heavy (non-hydrogen) atoms. The van der Waals surface area contributed by atoms with E-state index in [1.807, 2.05) is 0 Å². The minimum absolute atomic E-state index is 0.0825. The molecule has 1 rings (SSSR count). The summed E-state index contributed by atoms with van der Waals surface area (Å²) in [6.07, 6.45) is 0.572. The summed E-state index contributed by atoms with van der Waals surface area (Å²) in [4.78, 5) is 11.4. The molecule has 1 aromatic carbocycles. The lowest BCUT2D eigenvalue weighted by atomic mass is 10.2. The third kappa shape index (κ3) is 5.21. The van der Waals surface area contributed by atoms with Crippen molar-refractivity contribution in [2.45, 2.75) is 26.4 Å². The van der Waals surface area contributed by atoms with Crippen LogP contribution in [0.3, 0.4) is 0 Å². The molecule has 0 saturated carbocycles. The molecule has 0 fully saturated rings. The first-order valence-corrected chi connectivity index (χ1v) is 6.24. The first kappa shape index (κ1) is 16.6. The summed E-state index contributed by atoms with van der Waals surface area (Å²) in [5, 5.41) is 13.6. The highest BCUT2D eigenvalue weighted by molar-refractivity contribution is 5.88. The van der Waals surface area contributed by atoms with Crippen molar-refractivity contribution in [3.05, 3.63) is 17.7 Å². The second-order valence-corrected chi connectivity index (χ2v) is 5.13. The highest BCUT2D eigenvalue weighted by atomic mass is 16.6. The van der Waals surface area contributed by atoms with Gasteiger partial charge in [0, 0.05) is 12.1 Å². The number of benzene rings is 1. The van der Waals surface area contributed by atoms with Gasteiger partial charge < -0.3 is 19.3 Å². The van der Waals surface area contributed by atoms with E-state index in [-0.39, 0.29) is 5.75 Å². The fourth-order valence-corrected chi connectivity index (χ4v) is 1.45. The summed E-state index contributed by atoms with van der Waals surface area (Å²) >= 11 is 0. The lowest BCUT2D eigenvalue weighted by Crippen LogP contribution is -2.29. The van der Waals surface area contributed by atoms with Crippen molar-refractivity contribution in [2.75, 3.05) is 14.2 Å². The van der Waals surface area contributed by atoms with Crippen LogP contribution in [0.15, 0.2) is 17.2 Å². The summed E-state index contributed by atoms with van der Waals surface area (Å²) in [7, 11) is 2.93. The smallest absolute Gasteiger partial charge is 0.428 e. The number of rotatable bonds is 4. The van der Waals surface area contributed by atoms with Gasteiger partial charge in [-0.3, -0.25) is 0 Å². The standard InChI is InChI=1S/C14H20N2O5/c1-14(2,3)21-13(18)16-15-8-10-11(17)6-9(19-4)7-12(10)20-5/h6-8,17H,1-5H3,(H,16,18)/b15-8+. The number of methoxy groups -OCH3 is 2. The Kier molecular flexibility index (Phi) is 5.40. The molecule has 0 bridgehead atoms. The largest absolute Gasteiger partial charge is 0.507 e. The van der Waals surface area contributed by atoms with Crippen LogP contribution in [0.4, 0.5) is 4.79 Å². The average molecular weight is 296 g/mol. The highest BCUT2D eigenvalue weighted by Gasteiger charge is 2.15. The first-order valence-electron chi connectivity index (χ1n) is 6.24. The molecular formula is C14H20N2O5. The summed E-state index contributed by atoms with van der Waals surface area (Å²) in [5.41, 5.74) is 1.91. The second-order valence-electron chi connectivity index (χ2n) is 5.13. The van der Waals surface area contributed by atoms with Crippen molar-refractivity contribution in [3.8, 4) is 17.2 Å². The van der Waals surface area contributed by atoms with E-state index >= 15 is 0 Å². The molecule has 1 amide bonds.